The van der Waals surface area contributed by atoms with Gasteiger partial charge in [0.05, 0.1) is 11.0 Å². The van der Waals surface area contributed by atoms with Crippen LogP contribution in [0.5, 0.6) is 0 Å². The van der Waals surface area contributed by atoms with E-state index in [1.54, 1.807) is 36.4 Å². The number of para-hydroxylation sites is 3. The molecule has 3 aromatic rings. The number of amides is 2. The number of rotatable bonds is 6. The van der Waals surface area contributed by atoms with Gasteiger partial charge in [0, 0.05) is 12.2 Å². The molecule has 1 aliphatic heterocycles. The summed E-state index contributed by atoms with van der Waals surface area (Å²) in [5, 5.41) is 2.93. The largest absolute Gasteiger partial charge is 0.329 e. The van der Waals surface area contributed by atoms with Crippen LogP contribution in [0.15, 0.2) is 59.8 Å². The monoisotopic (exact) mass is 430 g/mol. The van der Waals surface area contributed by atoms with Gasteiger partial charge in [-0.15, -0.1) is 0 Å². The van der Waals surface area contributed by atoms with Crippen molar-refractivity contribution in [3.63, 3.8) is 0 Å². The van der Waals surface area contributed by atoms with E-state index in [9.17, 15) is 18.4 Å². The fourth-order valence-corrected chi connectivity index (χ4v) is 4.29. The molecule has 1 fully saturated rings. The average molecular weight is 430 g/mol. The Kier molecular flexibility index (Phi) is 5.98. The second-order valence-corrected chi connectivity index (χ2v) is 7.91. The molecular formula is C21H20F2N4O2S. The van der Waals surface area contributed by atoms with E-state index in [4.69, 9.17) is 0 Å². The van der Waals surface area contributed by atoms with E-state index in [2.05, 4.69) is 10.3 Å². The van der Waals surface area contributed by atoms with Crippen molar-refractivity contribution < 1.29 is 18.4 Å². The maximum Gasteiger partial charge on any atom is 0.291 e. The zero-order valence-corrected chi connectivity index (χ0v) is 16.8. The highest BCUT2D eigenvalue weighted by molar-refractivity contribution is 7.99. The van der Waals surface area contributed by atoms with Gasteiger partial charge in [0.15, 0.2) is 5.16 Å². The Hall–Kier alpha value is -2.94. The van der Waals surface area contributed by atoms with Crippen molar-refractivity contribution in [1.82, 2.24) is 14.5 Å². The van der Waals surface area contributed by atoms with E-state index < -0.39 is 11.8 Å². The predicted molar refractivity (Wildman–Crippen MR) is 111 cm³/mol. The molecule has 0 bridgehead atoms. The average Bonchev–Trinajstić information content (AvgIpc) is 3.34. The SMILES string of the molecule is O=C(Nc1ccccc1)[C@H]1CCCN1C(=O)Cn1c(SC(F)F)nc2ccccc21. The van der Waals surface area contributed by atoms with Crippen molar-refractivity contribution in [3.05, 3.63) is 54.6 Å². The maximum atomic E-state index is 13.1. The number of carbonyl (C=O) groups excluding carboxylic acids is 2. The molecule has 0 aliphatic carbocycles. The molecule has 30 heavy (non-hydrogen) atoms. The van der Waals surface area contributed by atoms with Crippen molar-refractivity contribution in [1.29, 1.82) is 0 Å². The number of hydrogen-bond donors (Lipinski definition) is 1. The van der Waals surface area contributed by atoms with Gasteiger partial charge >= 0.3 is 0 Å². The quantitative estimate of drug-likeness (QED) is 0.601. The van der Waals surface area contributed by atoms with Crippen LogP contribution in [0.2, 0.25) is 0 Å². The summed E-state index contributed by atoms with van der Waals surface area (Å²) in [7, 11) is 0. The number of aromatic nitrogens is 2. The molecule has 2 amide bonds. The normalized spacial score (nSPS) is 16.4. The molecule has 1 aliphatic rings. The molecule has 0 unspecified atom stereocenters. The summed E-state index contributed by atoms with van der Waals surface area (Å²) < 4.78 is 27.5. The standard InChI is InChI=1S/C21H20F2N4O2S/c22-20(23)30-21-25-15-9-4-5-10-16(15)27(21)13-18(28)26-12-6-11-17(26)19(29)24-14-7-2-1-3-8-14/h1-5,7-10,17,20H,6,11-13H2,(H,24,29)/t17-/m1/s1. The van der Waals surface area contributed by atoms with Gasteiger partial charge in [0.1, 0.15) is 12.6 Å². The first-order valence-corrected chi connectivity index (χ1v) is 10.5. The Morgan fingerprint density at radius 1 is 1.13 bits per heavy atom. The number of hydrogen-bond acceptors (Lipinski definition) is 4. The smallest absolute Gasteiger partial charge is 0.291 e. The molecule has 2 heterocycles. The molecular weight excluding hydrogens is 410 g/mol. The van der Waals surface area contributed by atoms with Crippen LogP contribution in [0.1, 0.15) is 12.8 Å². The molecule has 1 atom stereocenters. The Balaban J connectivity index is 1.54. The Morgan fingerprint density at radius 2 is 1.87 bits per heavy atom. The summed E-state index contributed by atoms with van der Waals surface area (Å²) in [5.74, 6) is -3.18. The third-order valence-corrected chi connectivity index (χ3v) is 5.73. The van der Waals surface area contributed by atoms with Crippen LogP contribution in [0, 0.1) is 0 Å². The molecule has 0 saturated carbocycles. The van der Waals surface area contributed by atoms with Gasteiger partial charge in [-0.05, 0) is 48.9 Å². The zero-order chi connectivity index (χ0) is 21.1. The summed E-state index contributed by atoms with van der Waals surface area (Å²) in [6.07, 6.45) is 1.27. The van der Waals surface area contributed by atoms with E-state index in [0.717, 1.165) is 0 Å². The van der Waals surface area contributed by atoms with Crippen LogP contribution in [-0.4, -0.2) is 44.6 Å². The highest BCUT2D eigenvalue weighted by Crippen LogP contribution is 2.29. The molecule has 2 aromatic carbocycles. The summed E-state index contributed by atoms with van der Waals surface area (Å²) in [5.41, 5.74) is 1.82. The van der Waals surface area contributed by atoms with E-state index in [-0.39, 0.29) is 23.5 Å². The third-order valence-electron chi connectivity index (χ3n) is 5.02. The van der Waals surface area contributed by atoms with Crippen LogP contribution in [0.3, 0.4) is 0 Å². The fraction of sp³-hybridized carbons (Fsp3) is 0.286. The minimum absolute atomic E-state index is 0.0871. The van der Waals surface area contributed by atoms with E-state index in [1.807, 2.05) is 18.2 Å². The van der Waals surface area contributed by atoms with Gasteiger partial charge in [0.2, 0.25) is 11.8 Å². The number of imidazole rings is 1. The predicted octanol–water partition coefficient (Wildman–Crippen LogP) is 3.98. The van der Waals surface area contributed by atoms with Crippen molar-refractivity contribution in [3.8, 4) is 0 Å². The number of fused-ring (bicyclic) bond motifs is 1. The number of nitrogens with zero attached hydrogens (tertiary/aromatic N) is 3. The Bertz CT molecular complexity index is 1060. The second kappa shape index (κ2) is 8.83. The van der Waals surface area contributed by atoms with Gasteiger partial charge in [-0.25, -0.2) is 4.98 Å². The lowest BCUT2D eigenvalue weighted by Gasteiger charge is -2.24. The summed E-state index contributed by atoms with van der Waals surface area (Å²) in [4.78, 5) is 31.6. The fourth-order valence-electron chi connectivity index (χ4n) is 3.69. The van der Waals surface area contributed by atoms with E-state index in [1.165, 1.54) is 9.47 Å². The Labute approximate surface area is 176 Å². The van der Waals surface area contributed by atoms with Crippen LogP contribution < -0.4 is 5.32 Å². The summed E-state index contributed by atoms with van der Waals surface area (Å²) in [6, 6.07) is 15.5. The topological polar surface area (TPSA) is 67.2 Å². The van der Waals surface area contributed by atoms with Crippen molar-refractivity contribution >= 4 is 40.3 Å². The summed E-state index contributed by atoms with van der Waals surface area (Å²) >= 11 is 0.313. The number of thioether (sulfide) groups is 1. The minimum atomic E-state index is -2.65. The van der Waals surface area contributed by atoms with Crippen LogP contribution in [0.4, 0.5) is 14.5 Å². The first kappa shape index (κ1) is 20.3. The number of nitrogens with one attached hydrogen (secondary N) is 1. The molecule has 156 valence electrons. The lowest BCUT2D eigenvalue weighted by molar-refractivity contribution is -0.137. The molecule has 0 radical (unpaired) electrons. The first-order chi connectivity index (χ1) is 14.5. The van der Waals surface area contributed by atoms with Gasteiger partial charge < -0.3 is 14.8 Å². The zero-order valence-electron chi connectivity index (χ0n) is 16.0. The number of anilines is 1. The number of halogens is 2. The number of benzene rings is 2. The second-order valence-electron chi connectivity index (χ2n) is 6.95. The Morgan fingerprint density at radius 3 is 2.63 bits per heavy atom. The molecule has 0 spiro atoms. The molecule has 1 aromatic heterocycles. The molecule has 9 heteroatoms. The van der Waals surface area contributed by atoms with E-state index in [0.29, 0.717) is 47.9 Å². The number of carbonyl (C=O) groups is 2. The van der Waals surface area contributed by atoms with Crippen molar-refractivity contribution in [2.45, 2.75) is 36.3 Å². The van der Waals surface area contributed by atoms with Crippen LogP contribution in [-0.2, 0) is 16.1 Å². The van der Waals surface area contributed by atoms with Gasteiger partial charge in [-0.1, -0.05) is 30.3 Å². The molecule has 6 nitrogen and oxygen atoms in total. The number of alkyl halides is 2. The first-order valence-electron chi connectivity index (χ1n) is 9.58. The minimum Gasteiger partial charge on any atom is -0.329 e. The molecule has 1 saturated heterocycles. The summed E-state index contributed by atoms with van der Waals surface area (Å²) in [6.45, 7) is 0.306. The lowest BCUT2D eigenvalue weighted by Crippen LogP contribution is -2.44. The van der Waals surface area contributed by atoms with E-state index >= 15 is 0 Å². The molecule has 1 N–H and O–H groups in total. The van der Waals surface area contributed by atoms with Gasteiger partial charge in [0.25, 0.3) is 5.76 Å². The lowest BCUT2D eigenvalue weighted by atomic mass is 10.2. The third kappa shape index (κ3) is 4.30. The maximum absolute atomic E-state index is 13.1. The van der Waals surface area contributed by atoms with Gasteiger partial charge in [-0.2, -0.15) is 8.78 Å². The highest BCUT2D eigenvalue weighted by atomic mass is 32.2. The number of likely N-dealkylation sites (tertiary alicyclic amines) is 1. The highest BCUT2D eigenvalue weighted by Gasteiger charge is 2.34. The van der Waals surface area contributed by atoms with Crippen LogP contribution in [0.25, 0.3) is 11.0 Å². The molecule has 4 rings (SSSR count). The van der Waals surface area contributed by atoms with Crippen LogP contribution >= 0.6 is 11.8 Å². The van der Waals surface area contributed by atoms with Crippen molar-refractivity contribution in [2.24, 2.45) is 0 Å². The van der Waals surface area contributed by atoms with Gasteiger partial charge in [-0.3, -0.25) is 9.59 Å². The van der Waals surface area contributed by atoms with Crippen molar-refractivity contribution in [2.75, 3.05) is 11.9 Å².